The van der Waals surface area contributed by atoms with Gasteiger partial charge < -0.3 is 9.47 Å². The molecule has 26 heavy (non-hydrogen) atoms. The van der Waals surface area contributed by atoms with E-state index in [2.05, 4.69) is 9.88 Å². The molecule has 2 aromatic rings. The molecule has 2 heterocycles. The molecule has 1 aliphatic heterocycles. The van der Waals surface area contributed by atoms with Crippen LogP contribution in [0.25, 0.3) is 0 Å². The third-order valence-corrected chi connectivity index (χ3v) is 5.03. The topological polar surface area (TPSA) is 51.7 Å². The maximum atomic E-state index is 13.3. The fourth-order valence-electron chi connectivity index (χ4n) is 3.65. The second-order valence-electron chi connectivity index (χ2n) is 6.66. The number of Topliss-reactive ketones (excluding diaryl/α,β-unsaturated/α-hetero) is 1. The molecule has 0 amide bonds. The third-order valence-electron chi connectivity index (χ3n) is 5.03. The Morgan fingerprint density at radius 1 is 1.19 bits per heavy atom. The van der Waals surface area contributed by atoms with Crippen LogP contribution in [0.5, 0.6) is 5.75 Å². The molecule has 5 nitrogen and oxygen atoms in total. The number of nitrogens with zero attached hydrogens (tertiary/aromatic N) is 2. The zero-order valence-corrected chi connectivity index (χ0v) is 15.6. The number of rotatable bonds is 6. The Labute approximate surface area is 155 Å². The van der Waals surface area contributed by atoms with Crippen molar-refractivity contribution in [1.29, 1.82) is 0 Å². The van der Waals surface area contributed by atoms with Crippen molar-refractivity contribution >= 4 is 5.78 Å². The molecule has 1 aromatic heterocycles. The van der Waals surface area contributed by atoms with Crippen LogP contribution in [-0.4, -0.2) is 49.1 Å². The molecule has 2 unspecified atom stereocenters. The van der Waals surface area contributed by atoms with E-state index in [0.717, 1.165) is 30.0 Å². The van der Waals surface area contributed by atoms with Crippen LogP contribution in [0.1, 0.15) is 34.6 Å². The zero-order valence-electron chi connectivity index (χ0n) is 15.6. The van der Waals surface area contributed by atoms with E-state index < -0.39 is 0 Å². The Morgan fingerprint density at radius 3 is 2.62 bits per heavy atom. The molecule has 5 heteroatoms. The van der Waals surface area contributed by atoms with E-state index in [-0.39, 0.29) is 17.7 Å². The molecule has 0 radical (unpaired) electrons. The molecule has 3 rings (SSSR count). The van der Waals surface area contributed by atoms with Gasteiger partial charge in [0.2, 0.25) is 0 Å². The lowest BCUT2D eigenvalue weighted by Crippen LogP contribution is -2.43. The molecule has 1 fully saturated rings. The molecule has 0 saturated carbocycles. The molecule has 0 N–H and O–H groups in total. The number of hydrogen-bond donors (Lipinski definition) is 0. The summed E-state index contributed by atoms with van der Waals surface area (Å²) in [6, 6.07) is 11.7. The highest BCUT2D eigenvalue weighted by atomic mass is 16.5. The number of methoxy groups -OCH3 is 1. The van der Waals surface area contributed by atoms with E-state index in [4.69, 9.17) is 9.47 Å². The summed E-state index contributed by atoms with van der Waals surface area (Å²) in [4.78, 5) is 19.9. The normalized spacial score (nSPS) is 17.5. The summed E-state index contributed by atoms with van der Waals surface area (Å²) in [6.07, 6.45) is 1.68. The monoisotopic (exact) mass is 354 g/mol. The van der Waals surface area contributed by atoms with Crippen molar-refractivity contribution in [2.24, 2.45) is 5.92 Å². The zero-order chi connectivity index (χ0) is 18.5. The Hall–Kier alpha value is -2.24. The van der Waals surface area contributed by atoms with Crippen LogP contribution in [0.15, 0.2) is 42.6 Å². The van der Waals surface area contributed by atoms with E-state index in [1.165, 1.54) is 0 Å². The first kappa shape index (κ1) is 18.5. The van der Waals surface area contributed by atoms with E-state index in [1.807, 2.05) is 50.2 Å². The van der Waals surface area contributed by atoms with E-state index >= 15 is 0 Å². The van der Waals surface area contributed by atoms with Crippen molar-refractivity contribution in [2.45, 2.75) is 19.9 Å². The summed E-state index contributed by atoms with van der Waals surface area (Å²) in [7, 11) is 1.67. The number of morpholine rings is 1. The Bertz CT molecular complexity index is 756. The van der Waals surface area contributed by atoms with Gasteiger partial charge in [-0.3, -0.25) is 14.7 Å². The first-order valence-corrected chi connectivity index (χ1v) is 9.04. The van der Waals surface area contributed by atoms with Crippen molar-refractivity contribution in [1.82, 2.24) is 9.88 Å². The van der Waals surface area contributed by atoms with Crippen molar-refractivity contribution in [3.63, 3.8) is 0 Å². The summed E-state index contributed by atoms with van der Waals surface area (Å²) in [5, 5.41) is 0. The van der Waals surface area contributed by atoms with Gasteiger partial charge in [-0.2, -0.15) is 0 Å². The number of ketones is 1. The van der Waals surface area contributed by atoms with Gasteiger partial charge in [-0.1, -0.05) is 31.2 Å². The lowest BCUT2D eigenvalue weighted by atomic mass is 9.86. The predicted molar refractivity (Wildman–Crippen MR) is 101 cm³/mol. The number of hydrogen-bond acceptors (Lipinski definition) is 5. The maximum Gasteiger partial charge on any atom is 0.186 e. The number of benzene rings is 1. The van der Waals surface area contributed by atoms with Gasteiger partial charge in [-0.15, -0.1) is 0 Å². The maximum absolute atomic E-state index is 13.3. The number of aryl methyl sites for hydroxylation is 1. The van der Waals surface area contributed by atoms with Gasteiger partial charge in [0.05, 0.1) is 20.3 Å². The van der Waals surface area contributed by atoms with Crippen LogP contribution in [0, 0.1) is 12.8 Å². The Kier molecular flexibility index (Phi) is 6.01. The fraction of sp³-hybridized carbons (Fsp3) is 0.429. The average molecular weight is 354 g/mol. The number of aromatic nitrogens is 1. The number of carbonyl (C=O) groups is 1. The van der Waals surface area contributed by atoms with E-state index in [1.54, 1.807) is 13.3 Å². The van der Waals surface area contributed by atoms with E-state index in [0.29, 0.717) is 18.9 Å². The van der Waals surface area contributed by atoms with Crippen LogP contribution in [0.4, 0.5) is 0 Å². The summed E-state index contributed by atoms with van der Waals surface area (Å²) >= 11 is 0. The quantitative estimate of drug-likeness (QED) is 0.745. The van der Waals surface area contributed by atoms with Gasteiger partial charge in [0, 0.05) is 36.8 Å². The lowest BCUT2D eigenvalue weighted by molar-refractivity contribution is 0.00432. The highest BCUT2D eigenvalue weighted by Gasteiger charge is 2.34. The van der Waals surface area contributed by atoms with Crippen LogP contribution in [-0.2, 0) is 4.74 Å². The minimum Gasteiger partial charge on any atom is -0.496 e. The number of ether oxygens (including phenoxy) is 2. The average Bonchev–Trinajstić information content (AvgIpc) is 2.69. The highest BCUT2D eigenvalue weighted by Crippen LogP contribution is 2.36. The first-order valence-electron chi connectivity index (χ1n) is 9.04. The lowest BCUT2D eigenvalue weighted by Gasteiger charge is -2.38. The predicted octanol–water partition coefficient (Wildman–Crippen LogP) is 3.29. The molecule has 0 aliphatic carbocycles. The fourth-order valence-corrected chi connectivity index (χ4v) is 3.65. The van der Waals surface area contributed by atoms with Crippen molar-refractivity contribution in [2.75, 3.05) is 33.4 Å². The summed E-state index contributed by atoms with van der Waals surface area (Å²) in [5.74, 6) is 0.616. The van der Waals surface area contributed by atoms with Crippen LogP contribution >= 0.6 is 0 Å². The summed E-state index contributed by atoms with van der Waals surface area (Å²) < 4.78 is 11.1. The first-order chi connectivity index (χ1) is 12.6. The van der Waals surface area contributed by atoms with E-state index in [9.17, 15) is 4.79 Å². The molecular weight excluding hydrogens is 328 g/mol. The number of pyridine rings is 1. The standard InChI is InChI=1S/C21H26N2O3/c1-15-7-6-10-22-19(15)21(24)16(2)20(23-11-13-26-14-12-23)17-8-4-5-9-18(17)25-3/h4-10,16,20H,11-14H2,1-3H3. The van der Waals surface area contributed by atoms with Gasteiger partial charge in [0.1, 0.15) is 11.4 Å². The SMILES string of the molecule is COc1ccccc1C(C(C)C(=O)c1ncccc1C)N1CCOCC1. The highest BCUT2D eigenvalue weighted by molar-refractivity contribution is 5.97. The molecule has 0 spiro atoms. The Balaban J connectivity index is 1.99. The summed E-state index contributed by atoms with van der Waals surface area (Å²) in [5.41, 5.74) is 2.49. The van der Waals surface area contributed by atoms with Gasteiger partial charge in [0.25, 0.3) is 0 Å². The molecule has 2 atom stereocenters. The second kappa shape index (κ2) is 8.43. The molecule has 1 saturated heterocycles. The number of carbonyl (C=O) groups excluding carboxylic acids is 1. The minimum atomic E-state index is -0.252. The van der Waals surface area contributed by atoms with Gasteiger partial charge >= 0.3 is 0 Å². The van der Waals surface area contributed by atoms with Crippen LogP contribution in [0.3, 0.4) is 0 Å². The van der Waals surface area contributed by atoms with Crippen molar-refractivity contribution in [3.8, 4) is 5.75 Å². The van der Waals surface area contributed by atoms with Gasteiger partial charge in [-0.05, 0) is 24.6 Å². The molecule has 1 aromatic carbocycles. The molecule has 0 bridgehead atoms. The van der Waals surface area contributed by atoms with Crippen LogP contribution < -0.4 is 4.74 Å². The van der Waals surface area contributed by atoms with Gasteiger partial charge in [0.15, 0.2) is 5.78 Å². The van der Waals surface area contributed by atoms with Crippen LogP contribution in [0.2, 0.25) is 0 Å². The van der Waals surface area contributed by atoms with Gasteiger partial charge in [-0.25, -0.2) is 0 Å². The largest absolute Gasteiger partial charge is 0.496 e. The summed E-state index contributed by atoms with van der Waals surface area (Å²) in [6.45, 7) is 6.86. The molecule has 138 valence electrons. The third kappa shape index (κ3) is 3.79. The van der Waals surface area contributed by atoms with Crippen molar-refractivity contribution < 1.29 is 14.3 Å². The Morgan fingerprint density at radius 2 is 1.92 bits per heavy atom. The molecular formula is C21H26N2O3. The second-order valence-corrected chi connectivity index (χ2v) is 6.66. The molecule has 1 aliphatic rings. The minimum absolute atomic E-state index is 0.0606. The number of para-hydroxylation sites is 1. The van der Waals surface area contributed by atoms with Crippen molar-refractivity contribution in [3.05, 3.63) is 59.4 Å². The smallest absolute Gasteiger partial charge is 0.186 e.